The number of hydrogen-bond donors (Lipinski definition) is 0. The number of carbonyl (C=O) groups is 2. The first-order valence-electron chi connectivity index (χ1n) is 6.54. The van der Waals surface area contributed by atoms with Crippen LogP contribution < -0.4 is 0 Å². The minimum atomic E-state index is -0.631. The van der Waals surface area contributed by atoms with Crippen molar-refractivity contribution in [2.75, 3.05) is 21.2 Å². The highest BCUT2D eigenvalue weighted by Gasteiger charge is 2.39. The van der Waals surface area contributed by atoms with Gasteiger partial charge in [0.15, 0.2) is 0 Å². The van der Waals surface area contributed by atoms with Crippen LogP contribution in [0.5, 0.6) is 0 Å². The fourth-order valence-electron chi connectivity index (χ4n) is 2.50. The molecule has 118 valence electrons. The Morgan fingerprint density at radius 1 is 1.36 bits per heavy atom. The SMILES string of the molecule is COC(=O)C1=C(C)N(C)C(=O)N(C)C1c1ccc(F)c(Br)c1. The molecule has 0 bridgehead atoms. The third-order valence-electron chi connectivity index (χ3n) is 3.81. The van der Waals surface area contributed by atoms with Crippen molar-refractivity contribution >= 4 is 27.9 Å². The van der Waals surface area contributed by atoms with Crippen LogP contribution in [0, 0.1) is 5.82 Å². The van der Waals surface area contributed by atoms with Crippen molar-refractivity contribution in [3.8, 4) is 0 Å². The molecule has 0 saturated carbocycles. The number of methoxy groups -OCH3 is 1. The Morgan fingerprint density at radius 2 is 2.00 bits per heavy atom. The number of allylic oxidation sites excluding steroid dienone is 1. The summed E-state index contributed by atoms with van der Waals surface area (Å²) in [5.74, 6) is -0.930. The number of rotatable bonds is 2. The zero-order valence-electron chi connectivity index (χ0n) is 12.7. The van der Waals surface area contributed by atoms with Gasteiger partial charge in [-0.1, -0.05) is 6.07 Å². The molecule has 0 spiro atoms. The average molecular weight is 371 g/mol. The van der Waals surface area contributed by atoms with Crippen molar-refractivity contribution in [1.29, 1.82) is 0 Å². The maximum absolute atomic E-state index is 13.5. The molecule has 2 amide bonds. The van der Waals surface area contributed by atoms with Crippen molar-refractivity contribution in [3.63, 3.8) is 0 Å². The summed E-state index contributed by atoms with van der Waals surface area (Å²) in [6.07, 6.45) is 0. The molecule has 1 aromatic rings. The van der Waals surface area contributed by atoms with Gasteiger partial charge >= 0.3 is 12.0 Å². The monoisotopic (exact) mass is 370 g/mol. The van der Waals surface area contributed by atoms with Gasteiger partial charge in [0, 0.05) is 19.8 Å². The second-order valence-corrected chi connectivity index (χ2v) is 5.87. The molecule has 1 aliphatic heterocycles. The number of likely N-dealkylation sites (N-methyl/N-ethyl adjacent to an activating group) is 1. The van der Waals surface area contributed by atoms with Crippen LogP contribution in [0.3, 0.4) is 0 Å². The van der Waals surface area contributed by atoms with E-state index in [1.165, 1.54) is 23.0 Å². The summed E-state index contributed by atoms with van der Waals surface area (Å²) in [5, 5.41) is 0. The second kappa shape index (κ2) is 6.08. The Balaban J connectivity index is 2.65. The van der Waals surface area contributed by atoms with E-state index in [0.29, 0.717) is 16.8 Å². The normalized spacial score (nSPS) is 18.8. The van der Waals surface area contributed by atoms with E-state index in [0.717, 1.165) is 0 Å². The zero-order chi connectivity index (χ0) is 16.6. The predicted octanol–water partition coefficient (Wildman–Crippen LogP) is 3.07. The van der Waals surface area contributed by atoms with E-state index in [9.17, 15) is 14.0 Å². The van der Waals surface area contributed by atoms with Crippen LogP contribution in [0.15, 0.2) is 33.9 Å². The van der Waals surface area contributed by atoms with Gasteiger partial charge in [-0.25, -0.2) is 14.0 Å². The Labute approximate surface area is 136 Å². The fourth-order valence-corrected chi connectivity index (χ4v) is 2.90. The standard InChI is InChI=1S/C15H16BrFN2O3/c1-8-12(14(20)22-4)13(19(3)15(21)18(8)2)9-5-6-11(17)10(16)7-9/h5-7,13H,1-4H3. The molecule has 2 rings (SSSR count). The molecule has 1 atom stereocenters. The van der Waals surface area contributed by atoms with Crippen molar-refractivity contribution in [3.05, 3.63) is 45.3 Å². The van der Waals surface area contributed by atoms with Crippen molar-refractivity contribution < 1.29 is 18.7 Å². The van der Waals surface area contributed by atoms with E-state index >= 15 is 0 Å². The van der Waals surface area contributed by atoms with Crippen LogP contribution in [0.1, 0.15) is 18.5 Å². The van der Waals surface area contributed by atoms with Crippen LogP contribution in [0.4, 0.5) is 9.18 Å². The largest absolute Gasteiger partial charge is 0.466 e. The molecule has 1 aliphatic rings. The first kappa shape index (κ1) is 16.5. The maximum atomic E-state index is 13.5. The van der Waals surface area contributed by atoms with Gasteiger partial charge in [0.25, 0.3) is 0 Å². The molecule has 1 unspecified atom stereocenters. The van der Waals surface area contributed by atoms with E-state index in [1.54, 1.807) is 33.2 Å². The van der Waals surface area contributed by atoms with Gasteiger partial charge in [0.1, 0.15) is 5.82 Å². The number of hydrogen-bond acceptors (Lipinski definition) is 3. The number of amides is 2. The number of nitrogens with zero attached hydrogens (tertiary/aromatic N) is 2. The van der Waals surface area contributed by atoms with Gasteiger partial charge in [-0.15, -0.1) is 0 Å². The Hall–Kier alpha value is -1.89. The van der Waals surface area contributed by atoms with E-state index in [-0.39, 0.29) is 10.5 Å². The summed E-state index contributed by atoms with van der Waals surface area (Å²) in [6.45, 7) is 1.68. The highest BCUT2D eigenvalue weighted by molar-refractivity contribution is 9.10. The number of esters is 1. The Kier molecular flexibility index (Phi) is 4.55. The molecule has 1 aromatic carbocycles. The molecule has 0 aliphatic carbocycles. The summed E-state index contributed by atoms with van der Waals surface area (Å²) < 4.78 is 18.6. The molecule has 22 heavy (non-hydrogen) atoms. The van der Waals surface area contributed by atoms with Crippen LogP contribution in [0.2, 0.25) is 0 Å². The lowest BCUT2D eigenvalue weighted by Crippen LogP contribution is -2.47. The minimum Gasteiger partial charge on any atom is -0.466 e. The van der Waals surface area contributed by atoms with Gasteiger partial charge in [-0.3, -0.25) is 0 Å². The number of ether oxygens (including phenoxy) is 1. The van der Waals surface area contributed by atoms with Gasteiger partial charge in [0.05, 0.1) is 23.2 Å². The summed E-state index contributed by atoms with van der Waals surface area (Å²) >= 11 is 3.13. The quantitative estimate of drug-likeness (QED) is 0.751. The molecule has 0 fully saturated rings. The lowest BCUT2D eigenvalue weighted by atomic mass is 9.94. The smallest absolute Gasteiger partial charge is 0.337 e. The number of benzene rings is 1. The molecular weight excluding hydrogens is 355 g/mol. The number of carbonyl (C=O) groups excluding carboxylic acids is 2. The third kappa shape index (κ3) is 2.61. The Morgan fingerprint density at radius 3 is 2.55 bits per heavy atom. The molecule has 0 saturated heterocycles. The molecule has 0 N–H and O–H groups in total. The maximum Gasteiger partial charge on any atom is 0.337 e. The molecule has 1 heterocycles. The molecule has 5 nitrogen and oxygen atoms in total. The summed E-state index contributed by atoms with van der Waals surface area (Å²) in [7, 11) is 4.47. The number of urea groups is 1. The fraction of sp³-hybridized carbons (Fsp3) is 0.333. The topological polar surface area (TPSA) is 49.9 Å². The van der Waals surface area contributed by atoms with Crippen molar-refractivity contribution in [2.45, 2.75) is 13.0 Å². The van der Waals surface area contributed by atoms with Crippen LogP contribution in [-0.4, -0.2) is 43.0 Å². The summed E-state index contributed by atoms with van der Waals surface area (Å²) in [5.41, 5.74) is 1.49. The van der Waals surface area contributed by atoms with Gasteiger partial charge in [-0.2, -0.15) is 0 Å². The highest BCUT2D eigenvalue weighted by atomic mass is 79.9. The Bertz CT molecular complexity index is 675. The zero-order valence-corrected chi connectivity index (χ0v) is 14.3. The molecule has 0 radical (unpaired) electrons. The van der Waals surface area contributed by atoms with E-state index in [2.05, 4.69) is 15.9 Å². The van der Waals surface area contributed by atoms with E-state index in [4.69, 9.17) is 4.74 Å². The highest BCUT2D eigenvalue weighted by Crippen LogP contribution is 2.37. The third-order valence-corrected chi connectivity index (χ3v) is 4.41. The van der Waals surface area contributed by atoms with Gasteiger partial charge in [-0.05, 0) is 40.5 Å². The van der Waals surface area contributed by atoms with Crippen LogP contribution >= 0.6 is 15.9 Å². The summed E-state index contributed by atoms with van der Waals surface area (Å²) in [6, 6.07) is 3.52. The molecular formula is C15H16BrFN2O3. The number of halogens is 2. The second-order valence-electron chi connectivity index (χ2n) is 5.02. The minimum absolute atomic E-state index is 0.254. The van der Waals surface area contributed by atoms with E-state index < -0.39 is 17.8 Å². The first-order chi connectivity index (χ1) is 10.3. The van der Waals surface area contributed by atoms with E-state index in [1.807, 2.05) is 0 Å². The molecule has 7 heteroatoms. The van der Waals surface area contributed by atoms with Crippen LogP contribution in [0.25, 0.3) is 0 Å². The van der Waals surface area contributed by atoms with Gasteiger partial charge < -0.3 is 14.5 Å². The summed E-state index contributed by atoms with van der Waals surface area (Å²) in [4.78, 5) is 27.3. The van der Waals surface area contributed by atoms with Crippen molar-refractivity contribution in [2.24, 2.45) is 0 Å². The lowest BCUT2D eigenvalue weighted by molar-refractivity contribution is -0.137. The van der Waals surface area contributed by atoms with Crippen molar-refractivity contribution in [1.82, 2.24) is 9.80 Å². The predicted molar refractivity (Wildman–Crippen MR) is 82.5 cm³/mol. The van der Waals surface area contributed by atoms with Crippen LogP contribution in [-0.2, 0) is 9.53 Å². The first-order valence-corrected chi connectivity index (χ1v) is 7.33. The van der Waals surface area contributed by atoms with Gasteiger partial charge in [0.2, 0.25) is 0 Å². The lowest BCUT2D eigenvalue weighted by Gasteiger charge is -2.39. The molecule has 0 aromatic heterocycles. The average Bonchev–Trinajstić information content (AvgIpc) is 2.50.